The lowest BCUT2D eigenvalue weighted by Gasteiger charge is -2.38. The number of nitrogens with zero attached hydrogens (tertiary/aromatic N) is 4. The normalized spacial score (nSPS) is 20.1. The van der Waals surface area contributed by atoms with Crippen molar-refractivity contribution in [1.82, 2.24) is 20.0 Å². The number of rotatable bonds is 9. The lowest BCUT2D eigenvalue weighted by atomic mass is 9.68. The third-order valence-corrected chi connectivity index (χ3v) is 7.37. The molecule has 3 rings (SSSR count). The van der Waals surface area contributed by atoms with Crippen molar-refractivity contribution in [3.05, 3.63) is 0 Å². The van der Waals surface area contributed by atoms with Crippen LogP contribution < -0.4 is 5.32 Å². The van der Waals surface area contributed by atoms with Crippen LogP contribution in [0.15, 0.2) is 4.99 Å². The van der Waals surface area contributed by atoms with E-state index in [0.717, 1.165) is 44.9 Å². The highest BCUT2D eigenvalue weighted by Gasteiger charge is 2.43. The van der Waals surface area contributed by atoms with Gasteiger partial charge in [-0.2, -0.15) is 0 Å². The third-order valence-electron chi connectivity index (χ3n) is 7.37. The zero-order valence-electron chi connectivity index (χ0n) is 21.1. The molecule has 7 nitrogen and oxygen atoms in total. The smallest absolute Gasteiger partial charge is 0.222 e. The minimum atomic E-state index is 0. The first kappa shape index (κ1) is 28.2. The van der Waals surface area contributed by atoms with E-state index < -0.39 is 0 Å². The molecule has 33 heavy (non-hydrogen) atoms. The first-order chi connectivity index (χ1) is 15.4. The average molecular weight is 576 g/mol. The van der Waals surface area contributed by atoms with Crippen LogP contribution in [0.5, 0.6) is 0 Å². The number of hydrogen-bond acceptors (Lipinski definition) is 3. The van der Waals surface area contributed by atoms with Crippen molar-refractivity contribution in [2.24, 2.45) is 16.3 Å². The number of halogens is 1. The second kappa shape index (κ2) is 13.7. The molecule has 0 aromatic heterocycles. The van der Waals surface area contributed by atoms with Gasteiger partial charge in [-0.1, -0.05) is 26.7 Å². The minimum Gasteiger partial charge on any atom is -0.357 e. The summed E-state index contributed by atoms with van der Waals surface area (Å²) in [6, 6.07) is 0. The summed E-state index contributed by atoms with van der Waals surface area (Å²) in [5.41, 5.74) is 0.587. The third kappa shape index (κ3) is 8.28. The van der Waals surface area contributed by atoms with Gasteiger partial charge in [0.1, 0.15) is 0 Å². The number of likely N-dealkylation sites (tertiary alicyclic amines) is 1. The number of piperazine rings is 1. The van der Waals surface area contributed by atoms with Gasteiger partial charge in [0.05, 0.1) is 0 Å². The van der Waals surface area contributed by atoms with Crippen molar-refractivity contribution < 1.29 is 9.59 Å². The number of aliphatic imine (C=N–C) groups is 1. The second-order valence-corrected chi connectivity index (χ2v) is 10.4. The molecule has 1 N–H and O–H groups in total. The SMILES string of the molecule is CCNC(=NCCCCCC(=O)N1CCN(C(=O)CC(C)C)CC1)N1CCC2(CCC2)C1.I. The van der Waals surface area contributed by atoms with E-state index >= 15 is 0 Å². The topological polar surface area (TPSA) is 68.2 Å². The molecule has 3 aliphatic rings. The summed E-state index contributed by atoms with van der Waals surface area (Å²) in [4.78, 5) is 35.9. The molecule has 1 saturated carbocycles. The highest BCUT2D eigenvalue weighted by Crippen LogP contribution is 2.47. The first-order valence-electron chi connectivity index (χ1n) is 13.0. The van der Waals surface area contributed by atoms with Crippen LogP contribution in [0.3, 0.4) is 0 Å². The molecule has 2 heterocycles. The summed E-state index contributed by atoms with van der Waals surface area (Å²) in [6.07, 6.45) is 9.68. The molecule has 0 aromatic carbocycles. The molecule has 0 radical (unpaired) electrons. The number of nitrogens with one attached hydrogen (secondary N) is 1. The Hall–Kier alpha value is -1.06. The van der Waals surface area contributed by atoms with Gasteiger partial charge < -0.3 is 20.0 Å². The molecule has 1 spiro atoms. The van der Waals surface area contributed by atoms with Crippen molar-refractivity contribution in [3.63, 3.8) is 0 Å². The number of amides is 2. The van der Waals surface area contributed by atoms with E-state index in [1.165, 1.54) is 32.2 Å². The lowest BCUT2D eigenvalue weighted by molar-refractivity contribution is -0.140. The van der Waals surface area contributed by atoms with Crippen molar-refractivity contribution in [1.29, 1.82) is 0 Å². The Morgan fingerprint density at radius 3 is 2.12 bits per heavy atom. The van der Waals surface area contributed by atoms with Gasteiger partial charge in [0, 0.05) is 65.2 Å². The standard InChI is InChI=1S/C25H45N5O2.HI/c1-4-26-24(30-14-12-25(20-30)10-8-11-25)27-13-7-5-6-9-22(31)28-15-17-29(18-16-28)23(32)19-21(2)3;/h21H,4-20H2,1-3H3,(H,26,27);1H. The van der Waals surface area contributed by atoms with Crippen LogP contribution in [-0.2, 0) is 9.59 Å². The minimum absolute atomic E-state index is 0. The molecule has 2 saturated heterocycles. The second-order valence-electron chi connectivity index (χ2n) is 10.4. The van der Waals surface area contributed by atoms with Gasteiger partial charge in [0.15, 0.2) is 5.96 Å². The summed E-state index contributed by atoms with van der Waals surface area (Å²) in [5.74, 6) is 1.93. The molecule has 0 aromatic rings. The van der Waals surface area contributed by atoms with E-state index in [1.54, 1.807) is 0 Å². The van der Waals surface area contributed by atoms with E-state index in [1.807, 2.05) is 9.80 Å². The number of carbonyl (C=O) groups excluding carboxylic acids is 2. The maximum Gasteiger partial charge on any atom is 0.222 e. The Bertz CT molecular complexity index is 657. The van der Waals surface area contributed by atoms with E-state index in [-0.39, 0.29) is 35.8 Å². The van der Waals surface area contributed by atoms with E-state index in [2.05, 4.69) is 31.0 Å². The maximum absolute atomic E-state index is 12.5. The van der Waals surface area contributed by atoms with Crippen LogP contribution in [0.4, 0.5) is 0 Å². The molecule has 0 bridgehead atoms. The van der Waals surface area contributed by atoms with E-state index in [4.69, 9.17) is 4.99 Å². The van der Waals surface area contributed by atoms with Gasteiger partial charge in [-0.25, -0.2) is 0 Å². The predicted octanol–water partition coefficient (Wildman–Crippen LogP) is 3.72. The average Bonchev–Trinajstić information content (AvgIpc) is 3.21. The van der Waals surface area contributed by atoms with E-state index in [9.17, 15) is 9.59 Å². The Morgan fingerprint density at radius 2 is 1.58 bits per heavy atom. The van der Waals surface area contributed by atoms with Crippen molar-refractivity contribution in [2.45, 2.75) is 78.6 Å². The molecule has 190 valence electrons. The molecule has 3 fully saturated rings. The summed E-state index contributed by atoms with van der Waals surface area (Å²) in [7, 11) is 0. The van der Waals surface area contributed by atoms with Gasteiger partial charge in [0.2, 0.25) is 11.8 Å². The number of carbonyl (C=O) groups is 2. The van der Waals surface area contributed by atoms with Crippen molar-refractivity contribution >= 4 is 41.8 Å². The Labute approximate surface area is 218 Å². The fraction of sp³-hybridized carbons (Fsp3) is 0.880. The van der Waals surface area contributed by atoms with Crippen LogP contribution in [0.1, 0.15) is 78.6 Å². The monoisotopic (exact) mass is 575 g/mol. The number of hydrogen-bond donors (Lipinski definition) is 1. The van der Waals surface area contributed by atoms with E-state index in [0.29, 0.717) is 50.4 Å². The number of unbranched alkanes of at least 4 members (excludes halogenated alkanes) is 2. The maximum atomic E-state index is 12.5. The molecule has 0 atom stereocenters. The van der Waals surface area contributed by atoms with Crippen molar-refractivity contribution in [2.75, 3.05) is 52.4 Å². The summed E-state index contributed by atoms with van der Waals surface area (Å²) >= 11 is 0. The number of guanidine groups is 1. The van der Waals surface area contributed by atoms with Crippen LogP contribution in [0.25, 0.3) is 0 Å². The lowest BCUT2D eigenvalue weighted by Crippen LogP contribution is -2.50. The Morgan fingerprint density at radius 1 is 0.909 bits per heavy atom. The van der Waals surface area contributed by atoms with Gasteiger partial charge in [-0.15, -0.1) is 24.0 Å². The fourth-order valence-electron chi connectivity index (χ4n) is 5.22. The zero-order valence-corrected chi connectivity index (χ0v) is 23.4. The van der Waals surface area contributed by atoms with Crippen LogP contribution in [-0.4, -0.2) is 84.8 Å². The van der Waals surface area contributed by atoms with Gasteiger partial charge in [-0.05, 0) is 50.4 Å². The fourth-order valence-corrected chi connectivity index (χ4v) is 5.22. The molecule has 2 amide bonds. The molecule has 0 unspecified atom stereocenters. The van der Waals surface area contributed by atoms with Gasteiger partial charge >= 0.3 is 0 Å². The Balaban J connectivity index is 0.00000385. The van der Waals surface area contributed by atoms with Crippen molar-refractivity contribution in [3.8, 4) is 0 Å². The first-order valence-corrected chi connectivity index (χ1v) is 13.0. The molecule has 1 aliphatic carbocycles. The highest BCUT2D eigenvalue weighted by atomic mass is 127. The van der Waals surface area contributed by atoms with Gasteiger partial charge in [-0.3, -0.25) is 14.6 Å². The molecule has 8 heteroatoms. The highest BCUT2D eigenvalue weighted by molar-refractivity contribution is 14.0. The van der Waals surface area contributed by atoms with Gasteiger partial charge in [0.25, 0.3) is 0 Å². The molecular weight excluding hydrogens is 529 g/mol. The Kier molecular flexibility index (Phi) is 11.7. The molecular formula is C25H46IN5O2. The quantitative estimate of drug-likeness (QED) is 0.197. The largest absolute Gasteiger partial charge is 0.357 e. The van der Waals surface area contributed by atoms with Crippen LogP contribution in [0, 0.1) is 11.3 Å². The van der Waals surface area contributed by atoms with Crippen LogP contribution in [0.2, 0.25) is 0 Å². The zero-order chi connectivity index (χ0) is 23.0. The van der Waals surface area contributed by atoms with Crippen LogP contribution >= 0.6 is 24.0 Å². The predicted molar refractivity (Wildman–Crippen MR) is 145 cm³/mol. The summed E-state index contributed by atoms with van der Waals surface area (Å²) in [6.45, 7) is 13.0. The molecule has 2 aliphatic heterocycles. The summed E-state index contributed by atoms with van der Waals surface area (Å²) in [5, 5.41) is 3.47. The summed E-state index contributed by atoms with van der Waals surface area (Å²) < 4.78 is 0.